The second kappa shape index (κ2) is 7.34. The van der Waals surface area contributed by atoms with Gasteiger partial charge in [-0.2, -0.15) is 0 Å². The summed E-state index contributed by atoms with van der Waals surface area (Å²) in [5.74, 6) is -0.136. The minimum absolute atomic E-state index is 0.0427. The Morgan fingerprint density at radius 1 is 1.21 bits per heavy atom. The summed E-state index contributed by atoms with van der Waals surface area (Å²) in [6.07, 6.45) is 3.93. The molecule has 0 bridgehead atoms. The van der Waals surface area contributed by atoms with Gasteiger partial charge in [0.05, 0.1) is 6.04 Å². The summed E-state index contributed by atoms with van der Waals surface area (Å²) in [5.41, 5.74) is 2.17. The highest BCUT2D eigenvalue weighted by Crippen LogP contribution is 2.29. The molecule has 0 radical (unpaired) electrons. The molecule has 130 valence electrons. The molecule has 0 saturated carbocycles. The van der Waals surface area contributed by atoms with Crippen molar-refractivity contribution in [1.29, 1.82) is 0 Å². The standard InChI is InChI=1S/C19H26N2O3/c1-14-4-7-16(8-5-14)21-12-10-17(19(21)24)20-11-2-3-15(13-20)6-9-18(22)23/h4-5,7-8,15,17H,2-3,6,9-13H2,1H3,(H,22,23). The summed E-state index contributed by atoms with van der Waals surface area (Å²) in [6, 6.07) is 8.07. The average Bonchev–Trinajstić information content (AvgIpc) is 2.95. The van der Waals surface area contributed by atoms with E-state index in [1.165, 1.54) is 5.56 Å². The van der Waals surface area contributed by atoms with E-state index < -0.39 is 5.97 Å². The number of amides is 1. The van der Waals surface area contributed by atoms with Crippen LogP contribution in [-0.2, 0) is 9.59 Å². The largest absolute Gasteiger partial charge is 0.481 e. The summed E-state index contributed by atoms with van der Waals surface area (Å²) in [6.45, 7) is 4.61. The van der Waals surface area contributed by atoms with E-state index in [9.17, 15) is 9.59 Å². The van der Waals surface area contributed by atoms with Gasteiger partial charge >= 0.3 is 5.97 Å². The van der Waals surface area contributed by atoms with Crippen LogP contribution in [0.4, 0.5) is 5.69 Å². The Bertz CT molecular complexity index is 599. The van der Waals surface area contributed by atoms with Crippen molar-refractivity contribution in [2.45, 2.75) is 45.1 Å². The molecule has 0 spiro atoms. The molecule has 24 heavy (non-hydrogen) atoms. The Morgan fingerprint density at radius 2 is 1.96 bits per heavy atom. The summed E-state index contributed by atoms with van der Waals surface area (Å²) >= 11 is 0. The topological polar surface area (TPSA) is 60.9 Å². The Kier molecular flexibility index (Phi) is 5.19. The molecule has 1 aromatic rings. The van der Waals surface area contributed by atoms with Crippen LogP contribution in [0.2, 0.25) is 0 Å². The second-order valence-electron chi connectivity index (χ2n) is 7.07. The zero-order valence-corrected chi connectivity index (χ0v) is 14.3. The molecule has 0 aliphatic carbocycles. The van der Waals surface area contributed by atoms with Gasteiger partial charge < -0.3 is 10.0 Å². The normalized spacial score (nSPS) is 25.2. The maximum atomic E-state index is 12.9. The molecule has 1 amide bonds. The molecule has 3 rings (SSSR count). The number of benzene rings is 1. The molecule has 1 N–H and O–H groups in total. The van der Waals surface area contributed by atoms with Crippen molar-refractivity contribution in [2.75, 3.05) is 24.5 Å². The molecule has 1 aromatic carbocycles. The maximum Gasteiger partial charge on any atom is 0.303 e. The molecule has 5 nitrogen and oxygen atoms in total. The van der Waals surface area contributed by atoms with E-state index in [4.69, 9.17) is 5.11 Å². The monoisotopic (exact) mass is 330 g/mol. The van der Waals surface area contributed by atoms with E-state index in [1.54, 1.807) is 0 Å². The van der Waals surface area contributed by atoms with Crippen LogP contribution in [0.1, 0.15) is 37.7 Å². The third kappa shape index (κ3) is 3.78. The average molecular weight is 330 g/mol. The molecule has 5 heteroatoms. The van der Waals surface area contributed by atoms with Crippen LogP contribution in [0.5, 0.6) is 0 Å². The first-order chi connectivity index (χ1) is 11.5. The number of carbonyl (C=O) groups excluding carboxylic acids is 1. The van der Waals surface area contributed by atoms with Crippen molar-refractivity contribution in [3.05, 3.63) is 29.8 Å². The number of carbonyl (C=O) groups is 2. The lowest BCUT2D eigenvalue weighted by Crippen LogP contribution is -2.46. The van der Waals surface area contributed by atoms with E-state index in [0.29, 0.717) is 12.3 Å². The molecule has 2 heterocycles. The highest BCUT2D eigenvalue weighted by atomic mass is 16.4. The number of carboxylic acids is 1. The Balaban J connectivity index is 1.62. The first-order valence-corrected chi connectivity index (χ1v) is 8.88. The van der Waals surface area contributed by atoms with Crippen LogP contribution in [0, 0.1) is 12.8 Å². The van der Waals surface area contributed by atoms with E-state index in [1.807, 2.05) is 36.1 Å². The molecule has 2 atom stereocenters. The molecule has 2 fully saturated rings. The van der Waals surface area contributed by atoms with Crippen molar-refractivity contribution < 1.29 is 14.7 Å². The lowest BCUT2D eigenvalue weighted by molar-refractivity contribution is -0.137. The van der Waals surface area contributed by atoms with E-state index in [0.717, 1.165) is 44.6 Å². The quantitative estimate of drug-likeness (QED) is 0.902. The number of rotatable bonds is 5. The lowest BCUT2D eigenvalue weighted by atomic mass is 9.92. The van der Waals surface area contributed by atoms with Gasteiger partial charge in [0, 0.05) is 25.2 Å². The van der Waals surface area contributed by atoms with Gasteiger partial charge in [0.25, 0.3) is 0 Å². The van der Waals surface area contributed by atoms with Crippen LogP contribution < -0.4 is 4.90 Å². The van der Waals surface area contributed by atoms with Crippen LogP contribution in [0.15, 0.2) is 24.3 Å². The summed E-state index contributed by atoms with van der Waals surface area (Å²) < 4.78 is 0. The second-order valence-corrected chi connectivity index (χ2v) is 7.07. The van der Waals surface area contributed by atoms with Crippen molar-refractivity contribution in [1.82, 2.24) is 4.90 Å². The summed E-state index contributed by atoms with van der Waals surface area (Å²) in [7, 11) is 0. The smallest absolute Gasteiger partial charge is 0.303 e. The third-order valence-electron chi connectivity index (χ3n) is 5.28. The minimum Gasteiger partial charge on any atom is -0.481 e. The third-order valence-corrected chi connectivity index (χ3v) is 5.28. The van der Waals surface area contributed by atoms with E-state index in [2.05, 4.69) is 4.90 Å². The fourth-order valence-corrected chi connectivity index (χ4v) is 3.93. The zero-order valence-electron chi connectivity index (χ0n) is 14.3. The number of hydrogen-bond donors (Lipinski definition) is 1. The number of likely N-dealkylation sites (tertiary alicyclic amines) is 1. The number of carboxylic acid groups (broad SMARTS) is 1. The molecule has 0 aromatic heterocycles. The van der Waals surface area contributed by atoms with Crippen molar-refractivity contribution in [3.63, 3.8) is 0 Å². The first kappa shape index (κ1) is 17.0. The van der Waals surface area contributed by atoms with Gasteiger partial charge in [-0.15, -0.1) is 0 Å². The number of anilines is 1. The van der Waals surface area contributed by atoms with Gasteiger partial charge in [-0.05, 0) is 57.2 Å². The maximum absolute atomic E-state index is 12.9. The molecular weight excluding hydrogens is 304 g/mol. The van der Waals surface area contributed by atoms with Gasteiger partial charge in [0.1, 0.15) is 0 Å². The van der Waals surface area contributed by atoms with Crippen LogP contribution in [0.3, 0.4) is 0 Å². The SMILES string of the molecule is Cc1ccc(N2CCC(N3CCCC(CCC(=O)O)C3)C2=O)cc1. The fraction of sp³-hybridized carbons (Fsp3) is 0.579. The highest BCUT2D eigenvalue weighted by molar-refractivity contribution is 5.99. The predicted molar refractivity (Wildman–Crippen MR) is 93.1 cm³/mol. The Labute approximate surface area is 143 Å². The van der Waals surface area contributed by atoms with Gasteiger partial charge in [-0.1, -0.05) is 17.7 Å². The Morgan fingerprint density at radius 3 is 2.67 bits per heavy atom. The first-order valence-electron chi connectivity index (χ1n) is 8.88. The van der Waals surface area contributed by atoms with Gasteiger partial charge in [0.15, 0.2) is 0 Å². The van der Waals surface area contributed by atoms with Crippen molar-refractivity contribution in [3.8, 4) is 0 Å². The molecule has 2 unspecified atom stereocenters. The van der Waals surface area contributed by atoms with Crippen LogP contribution in [0.25, 0.3) is 0 Å². The summed E-state index contributed by atoms with van der Waals surface area (Å²) in [4.78, 5) is 27.8. The fourth-order valence-electron chi connectivity index (χ4n) is 3.93. The highest BCUT2D eigenvalue weighted by Gasteiger charge is 2.38. The number of hydrogen-bond acceptors (Lipinski definition) is 3. The van der Waals surface area contributed by atoms with Crippen molar-refractivity contribution >= 4 is 17.6 Å². The van der Waals surface area contributed by atoms with Gasteiger partial charge in [-0.25, -0.2) is 0 Å². The van der Waals surface area contributed by atoms with Crippen LogP contribution >= 0.6 is 0 Å². The number of aliphatic carboxylic acids is 1. The van der Waals surface area contributed by atoms with Crippen molar-refractivity contribution in [2.24, 2.45) is 5.92 Å². The van der Waals surface area contributed by atoms with Gasteiger partial charge in [0.2, 0.25) is 5.91 Å². The number of aryl methyl sites for hydroxylation is 1. The number of piperidine rings is 1. The van der Waals surface area contributed by atoms with E-state index in [-0.39, 0.29) is 18.4 Å². The molecular formula is C19H26N2O3. The number of nitrogens with zero attached hydrogens (tertiary/aromatic N) is 2. The van der Waals surface area contributed by atoms with Gasteiger partial charge in [-0.3, -0.25) is 14.5 Å². The molecule has 2 saturated heterocycles. The predicted octanol–water partition coefficient (Wildman–Crippen LogP) is 2.68. The lowest BCUT2D eigenvalue weighted by Gasteiger charge is -2.35. The van der Waals surface area contributed by atoms with E-state index >= 15 is 0 Å². The van der Waals surface area contributed by atoms with Crippen LogP contribution in [-0.4, -0.2) is 47.6 Å². The molecule has 2 aliphatic rings. The summed E-state index contributed by atoms with van der Waals surface area (Å²) in [5, 5.41) is 8.87. The zero-order chi connectivity index (χ0) is 17.1. The minimum atomic E-state index is -0.727. The molecule has 2 aliphatic heterocycles. The Hall–Kier alpha value is -1.88.